The van der Waals surface area contributed by atoms with E-state index in [-0.39, 0.29) is 19.0 Å². The Bertz CT molecular complexity index is 1670. The van der Waals surface area contributed by atoms with E-state index >= 15 is 0 Å². The van der Waals surface area contributed by atoms with Crippen LogP contribution in [0.5, 0.6) is 11.5 Å². The van der Waals surface area contributed by atoms with Crippen molar-refractivity contribution in [3.05, 3.63) is 117 Å². The highest BCUT2D eigenvalue weighted by atomic mass is 16.5. The molecule has 0 atom stereocenters. The van der Waals surface area contributed by atoms with E-state index in [1.807, 2.05) is 72.4 Å². The van der Waals surface area contributed by atoms with Gasteiger partial charge < -0.3 is 18.8 Å². The van der Waals surface area contributed by atoms with Crippen molar-refractivity contribution in [3.8, 4) is 11.5 Å². The number of pyridine rings is 1. The summed E-state index contributed by atoms with van der Waals surface area (Å²) in [6.45, 7) is 0.721. The fourth-order valence-electron chi connectivity index (χ4n) is 4.37. The molecule has 5 aromatic rings. The van der Waals surface area contributed by atoms with Gasteiger partial charge in [-0.15, -0.1) is 0 Å². The zero-order valence-corrected chi connectivity index (χ0v) is 21.4. The molecule has 5 rings (SSSR count). The van der Waals surface area contributed by atoms with Crippen LogP contribution in [0.3, 0.4) is 0 Å². The summed E-state index contributed by atoms with van der Waals surface area (Å²) in [5.41, 5.74) is 2.34. The van der Waals surface area contributed by atoms with E-state index in [0.29, 0.717) is 18.0 Å². The van der Waals surface area contributed by atoms with Crippen molar-refractivity contribution >= 4 is 11.6 Å². The van der Waals surface area contributed by atoms with Gasteiger partial charge in [0.15, 0.2) is 0 Å². The lowest BCUT2D eigenvalue weighted by Crippen LogP contribution is -2.44. The second kappa shape index (κ2) is 10.6. The Morgan fingerprint density at radius 1 is 0.816 bits per heavy atom. The van der Waals surface area contributed by atoms with Gasteiger partial charge in [0.25, 0.3) is 0 Å². The fraction of sp³-hybridized carbons (Fsp3) is 0.214. The minimum Gasteiger partial charge on any atom is -0.497 e. The van der Waals surface area contributed by atoms with Gasteiger partial charge in [0.1, 0.15) is 17.1 Å². The van der Waals surface area contributed by atoms with E-state index in [9.17, 15) is 9.59 Å². The number of rotatable bonds is 9. The highest BCUT2D eigenvalue weighted by Gasteiger charge is 2.18. The summed E-state index contributed by atoms with van der Waals surface area (Å²) in [6, 6.07) is 18.6. The third-order valence-electron chi connectivity index (χ3n) is 6.38. The van der Waals surface area contributed by atoms with Gasteiger partial charge in [0, 0.05) is 37.7 Å². The Morgan fingerprint density at radius 3 is 2.03 bits per heavy atom. The molecule has 0 aliphatic heterocycles. The number of aromatic nitrogens is 5. The van der Waals surface area contributed by atoms with Crippen LogP contribution >= 0.6 is 0 Å². The minimum atomic E-state index is -0.613. The lowest BCUT2D eigenvalue weighted by Gasteiger charge is -2.23. The molecule has 10 heteroatoms. The third kappa shape index (κ3) is 5.01. The molecular formula is C28H28N6O4. The van der Waals surface area contributed by atoms with Crippen LogP contribution in [0, 0.1) is 0 Å². The number of imidazole rings is 1. The largest absolute Gasteiger partial charge is 0.497 e. The molecule has 0 saturated carbocycles. The molecule has 0 aliphatic rings. The molecule has 0 bridgehead atoms. The molecule has 3 heterocycles. The van der Waals surface area contributed by atoms with E-state index in [1.165, 1.54) is 4.57 Å². The molecule has 3 aromatic heterocycles. The van der Waals surface area contributed by atoms with Crippen molar-refractivity contribution in [3.63, 3.8) is 0 Å². The van der Waals surface area contributed by atoms with Crippen LogP contribution in [0.15, 0.2) is 88.8 Å². The smallest absolute Gasteiger partial charge is 0.355 e. The zero-order valence-electron chi connectivity index (χ0n) is 21.4. The van der Waals surface area contributed by atoms with Gasteiger partial charge in [-0.3, -0.25) is 4.57 Å². The number of methoxy groups -OCH3 is 2. The highest BCUT2D eigenvalue weighted by molar-refractivity contribution is 5.49. The number of benzene rings is 2. The Balaban J connectivity index is 1.55. The topological polar surface area (TPSA) is 95.9 Å². The second-order valence-corrected chi connectivity index (χ2v) is 8.89. The van der Waals surface area contributed by atoms with Gasteiger partial charge in [-0.1, -0.05) is 30.3 Å². The van der Waals surface area contributed by atoms with Crippen molar-refractivity contribution in [2.75, 3.05) is 26.2 Å². The van der Waals surface area contributed by atoms with Gasteiger partial charge >= 0.3 is 11.4 Å². The van der Waals surface area contributed by atoms with E-state index in [4.69, 9.17) is 9.47 Å². The summed E-state index contributed by atoms with van der Waals surface area (Å²) in [6.07, 6.45) is 5.53. The SMILES string of the molecule is COc1ccc(Cn2c(N(C)Cc3cccn4ccnc34)nc(=O)n(Cc3ccc(OC)cc3)c2=O)cc1. The van der Waals surface area contributed by atoms with E-state index < -0.39 is 11.4 Å². The van der Waals surface area contributed by atoms with Crippen molar-refractivity contribution in [1.29, 1.82) is 0 Å². The van der Waals surface area contributed by atoms with E-state index in [0.717, 1.165) is 26.9 Å². The highest BCUT2D eigenvalue weighted by Crippen LogP contribution is 2.17. The summed E-state index contributed by atoms with van der Waals surface area (Å²) in [4.78, 5) is 37.6. The van der Waals surface area contributed by atoms with Crippen LogP contribution in [0.2, 0.25) is 0 Å². The van der Waals surface area contributed by atoms with E-state index in [2.05, 4.69) is 9.97 Å². The van der Waals surface area contributed by atoms with Crippen molar-refractivity contribution < 1.29 is 9.47 Å². The number of hydrogen-bond acceptors (Lipinski definition) is 7. The first-order valence-corrected chi connectivity index (χ1v) is 12.1. The summed E-state index contributed by atoms with van der Waals surface area (Å²) in [7, 11) is 5.00. The number of nitrogens with zero attached hydrogens (tertiary/aromatic N) is 6. The van der Waals surface area contributed by atoms with Crippen molar-refractivity contribution in [1.82, 2.24) is 23.5 Å². The van der Waals surface area contributed by atoms with Gasteiger partial charge in [0.05, 0.1) is 27.3 Å². The van der Waals surface area contributed by atoms with E-state index in [1.54, 1.807) is 37.4 Å². The first-order chi connectivity index (χ1) is 18.5. The summed E-state index contributed by atoms with van der Waals surface area (Å²) in [5, 5.41) is 0. The molecule has 0 radical (unpaired) electrons. The first kappa shape index (κ1) is 24.8. The maximum atomic E-state index is 13.8. The van der Waals surface area contributed by atoms with Gasteiger partial charge in [0.2, 0.25) is 5.95 Å². The average Bonchev–Trinajstić information content (AvgIpc) is 3.43. The third-order valence-corrected chi connectivity index (χ3v) is 6.38. The predicted molar refractivity (Wildman–Crippen MR) is 144 cm³/mol. The molecule has 0 amide bonds. The zero-order chi connectivity index (χ0) is 26.6. The quantitative estimate of drug-likeness (QED) is 0.300. The predicted octanol–water partition coefficient (Wildman–Crippen LogP) is 2.80. The number of fused-ring (bicyclic) bond motifs is 1. The lowest BCUT2D eigenvalue weighted by molar-refractivity contribution is 0.414. The van der Waals surface area contributed by atoms with Crippen LogP contribution in [0.1, 0.15) is 16.7 Å². The second-order valence-electron chi connectivity index (χ2n) is 8.89. The average molecular weight is 513 g/mol. The molecule has 10 nitrogen and oxygen atoms in total. The number of ether oxygens (including phenoxy) is 2. The fourth-order valence-corrected chi connectivity index (χ4v) is 4.37. The Labute approximate surface area is 219 Å². The maximum Gasteiger partial charge on any atom is 0.355 e. The first-order valence-electron chi connectivity index (χ1n) is 12.1. The molecular weight excluding hydrogens is 484 g/mol. The van der Waals surface area contributed by atoms with Crippen molar-refractivity contribution in [2.24, 2.45) is 0 Å². The Morgan fingerprint density at radius 2 is 1.42 bits per heavy atom. The van der Waals surface area contributed by atoms with Crippen LogP contribution in [0.4, 0.5) is 5.95 Å². The van der Waals surface area contributed by atoms with Gasteiger partial charge in [-0.25, -0.2) is 19.1 Å². The standard InChI is InChI=1S/C28H28N6O4/c1-31(19-22-5-4-15-32-16-14-29-25(22)32)26-30-27(35)34(18-21-8-12-24(38-3)13-9-21)28(36)33(26)17-20-6-10-23(37-2)11-7-20/h4-16H,17-19H2,1-3H3. The van der Waals surface area contributed by atoms with Crippen LogP contribution in [0.25, 0.3) is 5.65 Å². The molecule has 0 spiro atoms. The maximum absolute atomic E-state index is 13.8. The molecule has 0 aliphatic carbocycles. The summed E-state index contributed by atoms with van der Waals surface area (Å²) < 4.78 is 15.1. The minimum absolute atomic E-state index is 0.0919. The molecule has 0 fully saturated rings. The molecule has 194 valence electrons. The van der Waals surface area contributed by atoms with Crippen LogP contribution in [-0.2, 0) is 19.6 Å². The Kier molecular flexibility index (Phi) is 6.94. The van der Waals surface area contributed by atoms with Crippen LogP contribution < -0.4 is 25.8 Å². The number of anilines is 1. The number of hydrogen-bond donors (Lipinski definition) is 0. The van der Waals surface area contributed by atoms with Crippen LogP contribution in [-0.4, -0.2) is 44.8 Å². The molecule has 38 heavy (non-hydrogen) atoms. The summed E-state index contributed by atoms with van der Waals surface area (Å²) in [5.74, 6) is 1.68. The van der Waals surface area contributed by atoms with Gasteiger partial charge in [-0.05, 0) is 41.5 Å². The monoisotopic (exact) mass is 512 g/mol. The van der Waals surface area contributed by atoms with Gasteiger partial charge in [-0.2, -0.15) is 4.98 Å². The Hall–Kier alpha value is -4.86. The molecule has 0 unspecified atom stereocenters. The molecule has 0 N–H and O–H groups in total. The summed E-state index contributed by atoms with van der Waals surface area (Å²) >= 11 is 0. The lowest BCUT2D eigenvalue weighted by atomic mass is 10.2. The molecule has 0 saturated heterocycles. The van der Waals surface area contributed by atoms with Crippen molar-refractivity contribution in [2.45, 2.75) is 19.6 Å². The normalized spacial score (nSPS) is 11.0. The molecule has 2 aromatic carbocycles.